The standard InChI is InChI=1S/C18H18ClNO3S/c1-12-6-7-17-15(10-12)13(8-9-24(17,22)23)11-20-18(21)14-4-2-3-5-16(14)19/h2-7,10,13H,8-9,11H2,1H3,(H,20,21). The van der Waals surface area contributed by atoms with E-state index in [-0.39, 0.29) is 17.6 Å². The molecule has 0 radical (unpaired) electrons. The van der Waals surface area contributed by atoms with Gasteiger partial charge in [-0.3, -0.25) is 4.79 Å². The van der Waals surface area contributed by atoms with Crippen LogP contribution < -0.4 is 5.32 Å². The molecule has 3 rings (SSSR count). The molecular weight excluding hydrogens is 346 g/mol. The number of fused-ring (bicyclic) bond motifs is 1. The third kappa shape index (κ3) is 3.32. The molecule has 1 N–H and O–H groups in total. The number of nitrogens with one attached hydrogen (secondary N) is 1. The Balaban J connectivity index is 1.81. The van der Waals surface area contributed by atoms with Crippen LogP contribution in [-0.2, 0) is 9.84 Å². The van der Waals surface area contributed by atoms with E-state index in [0.717, 1.165) is 11.1 Å². The van der Waals surface area contributed by atoms with Crippen LogP contribution in [0.5, 0.6) is 0 Å². The predicted molar refractivity (Wildman–Crippen MR) is 94.4 cm³/mol. The van der Waals surface area contributed by atoms with Gasteiger partial charge >= 0.3 is 0 Å². The highest BCUT2D eigenvalue weighted by molar-refractivity contribution is 7.91. The number of amides is 1. The topological polar surface area (TPSA) is 63.2 Å². The second kappa shape index (κ2) is 6.57. The number of carbonyl (C=O) groups is 1. The fourth-order valence-corrected chi connectivity index (χ4v) is 4.90. The Hall–Kier alpha value is -1.85. The van der Waals surface area contributed by atoms with Crippen molar-refractivity contribution in [2.45, 2.75) is 24.2 Å². The molecule has 2 aromatic rings. The number of halogens is 1. The Labute approximate surface area is 146 Å². The fourth-order valence-electron chi connectivity index (χ4n) is 3.00. The van der Waals surface area contributed by atoms with E-state index in [4.69, 9.17) is 11.6 Å². The van der Waals surface area contributed by atoms with Crippen molar-refractivity contribution in [3.05, 3.63) is 64.2 Å². The van der Waals surface area contributed by atoms with Crippen LogP contribution >= 0.6 is 11.6 Å². The van der Waals surface area contributed by atoms with Gasteiger partial charge in [0.25, 0.3) is 5.91 Å². The van der Waals surface area contributed by atoms with Crippen molar-refractivity contribution in [2.75, 3.05) is 12.3 Å². The molecule has 126 valence electrons. The lowest BCUT2D eigenvalue weighted by atomic mass is 9.94. The Morgan fingerprint density at radius 2 is 2.00 bits per heavy atom. The lowest BCUT2D eigenvalue weighted by molar-refractivity contribution is 0.0951. The minimum atomic E-state index is -3.22. The molecule has 0 bridgehead atoms. The zero-order chi connectivity index (χ0) is 17.3. The molecule has 2 aromatic carbocycles. The van der Waals surface area contributed by atoms with Gasteiger partial charge in [-0.1, -0.05) is 41.4 Å². The SMILES string of the molecule is Cc1ccc2c(c1)C(CNC(=O)c1ccccc1Cl)CCS2(=O)=O. The summed E-state index contributed by atoms with van der Waals surface area (Å²) in [6, 6.07) is 12.2. The highest BCUT2D eigenvalue weighted by Gasteiger charge is 2.30. The summed E-state index contributed by atoms with van der Waals surface area (Å²) in [6.45, 7) is 2.32. The first-order valence-corrected chi connectivity index (χ1v) is 9.77. The maximum Gasteiger partial charge on any atom is 0.252 e. The summed E-state index contributed by atoms with van der Waals surface area (Å²) in [7, 11) is -3.22. The molecule has 24 heavy (non-hydrogen) atoms. The average Bonchev–Trinajstić information content (AvgIpc) is 2.54. The average molecular weight is 364 g/mol. The summed E-state index contributed by atoms with van der Waals surface area (Å²) in [6.07, 6.45) is 0.502. The van der Waals surface area contributed by atoms with E-state index < -0.39 is 9.84 Å². The first-order valence-electron chi connectivity index (χ1n) is 7.74. The molecule has 0 aromatic heterocycles. The first-order chi connectivity index (χ1) is 11.4. The molecule has 1 atom stereocenters. The second-order valence-corrected chi connectivity index (χ2v) is 8.52. The maximum absolute atomic E-state index is 12.3. The van der Waals surface area contributed by atoms with E-state index >= 15 is 0 Å². The van der Waals surface area contributed by atoms with E-state index in [1.165, 1.54) is 0 Å². The number of hydrogen-bond donors (Lipinski definition) is 1. The van der Waals surface area contributed by atoms with Crippen LogP contribution in [0.2, 0.25) is 5.02 Å². The van der Waals surface area contributed by atoms with Gasteiger partial charge in [-0.05, 0) is 37.1 Å². The number of hydrogen-bond acceptors (Lipinski definition) is 3. The number of rotatable bonds is 3. The lowest BCUT2D eigenvalue weighted by Crippen LogP contribution is -2.32. The molecule has 4 nitrogen and oxygen atoms in total. The van der Waals surface area contributed by atoms with Crippen molar-refractivity contribution in [1.29, 1.82) is 0 Å². The highest BCUT2D eigenvalue weighted by atomic mass is 35.5. The molecular formula is C18H18ClNO3S. The molecule has 0 aliphatic carbocycles. The summed E-state index contributed by atoms with van der Waals surface area (Å²) in [5.41, 5.74) is 2.22. The van der Waals surface area contributed by atoms with Crippen LogP contribution in [-0.4, -0.2) is 26.6 Å². The molecule has 6 heteroatoms. The first kappa shape index (κ1) is 17.0. The molecule has 1 amide bonds. The molecule has 1 heterocycles. The van der Waals surface area contributed by atoms with Gasteiger partial charge in [-0.2, -0.15) is 0 Å². The van der Waals surface area contributed by atoms with Crippen LogP contribution in [0.4, 0.5) is 0 Å². The summed E-state index contributed by atoms with van der Waals surface area (Å²) in [5, 5.41) is 3.28. The third-order valence-corrected chi connectivity index (χ3v) is 6.45. The number of benzene rings is 2. The highest BCUT2D eigenvalue weighted by Crippen LogP contribution is 2.34. The predicted octanol–water partition coefficient (Wildman–Crippen LogP) is 3.34. The minimum absolute atomic E-state index is 0.0186. The van der Waals surface area contributed by atoms with Gasteiger partial charge in [0.15, 0.2) is 9.84 Å². The van der Waals surface area contributed by atoms with Crippen molar-refractivity contribution >= 4 is 27.3 Å². The van der Waals surface area contributed by atoms with Gasteiger partial charge in [0.1, 0.15) is 0 Å². The Kier molecular flexibility index (Phi) is 4.65. The second-order valence-electron chi connectivity index (χ2n) is 6.04. The molecule has 0 spiro atoms. The normalized spacial score (nSPS) is 18.7. The molecule has 1 aliphatic heterocycles. The molecule has 0 saturated carbocycles. The van der Waals surface area contributed by atoms with Gasteiger partial charge < -0.3 is 5.32 Å². The summed E-state index contributed by atoms with van der Waals surface area (Å²) < 4.78 is 24.5. The fraction of sp³-hybridized carbons (Fsp3) is 0.278. The summed E-state index contributed by atoms with van der Waals surface area (Å²) in [5.74, 6) is -0.159. The van der Waals surface area contributed by atoms with E-state index in [1.807, 2.05) is 13.0 Å². The maximum atomic E-state index is 12.3. The smallest absolute Gasteiger partial charge is 0.252 e. The van der Waals surface area contributed by atoms with Gasteiger partial charge in [-0.15, -0.1) is 0 Å². The summed E-state index contributed by atoms with van der Waals surface area (Å²) in [4.78, 5) is 12.7. The molecule has 1 unspecified atom stereocenters. The lowest BCUT2D eigenvalue weighted by Gasteiger charge is -2.26. The van der Waals surface area contributed by atoms with Crippen molar-refractivity contribution in [1.82, 2.24) is 5.32 Å². The molecule has 0 fully saturated rings. The van der Waals surface area contributed by atoms with Crippen molar-refractivity contribution in [2.24, 2.45) is 0 Å². The Bertz CT molecular complexity index is 893. The van der Waals surface area contributed by atoms with Crippen LogP contribution in [0.25, 0.3) is 0 Å². The van der Waals surface area contributed by atoms with Gasteiger partial charge in [-0.25, -0.2) is 8.42 Å². The van der Waals surface area contributed by atoms with Gasteiger partial charge in [0.05, 0.1) is 21.2 Å². The zero-order valence-electron chi connectivity index (χ0n) is 13.3. The Morgan fingerprint density at radius 3 is 2.75 bits per heavy atom. The van der Waals surface area contributed by atoms with Crippen LogP contribution in [0.15, 0.2) is 47.4 Å². The largest absolute Gasteiger partial charge is 0.351 e. The van der Waals surface area contributed by atoms with Gasteiger partial charge in [0, 0.05) is 12.5 Å². The van der Waals surface area contributed by atoms with Crippen molar-refractivity contribution in [3.8, 4) is 0 Å². The van der Waals surface area contributed by atoms with Crippen LogP contribution in [0, 0.1) is 6.92 Å². The number of carbonyl (C=O) groups excluding carboxylic acids is 1. The Morgan fingerprint density at radius 1 is 1.25 bits per heavy atom. The molecule has 1 aliphatic rings. The zero-order valence-corrected chi connectivity index (χ0v) is 14.8. The minimum Gasteiger partial charge on any atom is -0.351 e. The number of sulfone groups is 1. The third-order valence-electron chi connectivity index (χ3n) is 4.30. The van der Waals surface area contributed by atoms with E-state index in [0.29, 0.717) is 28.4 Å². The van der Waals surface area contributed by atoms with Crippen LogP contribution in [0.3, 0.4) is 0 Å². The van der Waals surface area contributed by atoms with E-state index in [9.17, 15) is 13.2 Å². The molecule has 0 saturated heterocycles. The van der Waals surface area contributed by atoms with Crippen LogP contribution in [0.1, 0.15) is 33.8 Å². The van der Waals surface area contributed by atoms with E-state index in [1.54, 1.807) is 36.4 Å². The monoisotopic (exact) mass is 363 g/mol. The summed E-state index contributed by atoms with van der Waals surface area (Å²) >= 11 is 6.04. The van der Waals surface area contributed by atoms with Gasteiger partial charge in [0.2, 0.25) is 0 Å². The van der Waals surface area contributed by atoms with Crippen molar-refractivity contribution < 1.29 is 13.2 Å². The van der Waals surface area contributed by atoms with Crippen molar-refractivity contribution in [3.63, 3.8) is 0 Å². The quantitative estimate of drug-likeness (QED) is 0.909. The number of aryl methyl sites for hydroxylation is 1. The van der Waals surface area contributed by atoms with E-state index in [2.05, 4.69) is 5.32 Å².